The highest BCUT2D eigenvalue weighted by Gasteiger charge is 2.45. The third kappa shape index (κ3) is 5.20. The Hall–Kier alpha value is -2.51. The fourth-order valence-electron chi connectivity index (χ4n) is 6.06. The van der Waals surface area contributed by atoms with Crippen molar-refractivity contribution < 1.29 is 13.7 Å². The van der Waals surface area contributed by atoms with E-state index in [9.17, 15) is 8.96 Å². The first kappa shape index (κ1) is 25.8. The van der Waals surface area contributed by atoms with Crippen LogP contribution in [-0.4, -0.2) is 59.5 Å². The average Bonchev–Trinajstić information content (AvgIpc) is 3.09. The highest BCUT2D eigenvalue weighted by Crippen LogP contribution is 2.40. The van der Waals surface area contributed by atoms with E-state index in [0.29, 0.717) is 45.9 Å². The van der Waals surface area contributed by atoms with E-state index < -0.39 is 13.0 Å². The number of hydrogen-bond donors (Lipinski definition) is 2. The summed E-state index contributed by atoms with van der Waals surface area (Å²) in [6, 6.07) is 12.5. The van der Waals surface area contributed by atoms with Crippen molar-refractivity contribution in [2.45, 2.75) is 50.2 Å². The van der Waals surface area contributed by atoms with Crippen molar-refractivity contribution in [1.82, 2.24) is 14.9 Å². The van der Waals surface area contributed by atoms with Crippen LogP contribution in [0.2, 0.25) is 5.02 Å². The highest BCUT2D eigenvalue weighted by atomic mass is 35.5. The summed E-state index contributed by atoms with van der Waals surface area (Å²) in [5.41, 5.74) is 4.19. The van der Waals surface area contributed by atoms with Gasteiger partial charge in [-0.2, -0.15) is 4.98 Å². The highest BCUT2D eigenvalue weighted by molar-refractivity contribution is 7.70. The molecular weight excluding hydrogens is 524 g/mol. The number of morpholine rings is 1. The summed E-state index contributed by atoms with van der Waals surface area (Å²) in [6.45, 7) is 4.96. The van der Waals surface area contributed by atoms with Gasteiger partial charge in [0.25, 0.3) is 0 Å². The number of rotatable bonds is 6. The van der Waals surface area contributed by atoms with Crippen LogP contribution in [0.1, 0.15) is 30.4 Å². The summed E-state index contributed by atoms with van der Waals surface area (Å²) in [4.78, 5) is 11.6. The number of benzene rings is 2. The van der Waals surface area contributed by atoms with Gasteiger partial charge in [0.1, 0.15) is 18.0 Å². The molecular formula is C28H32ClFN5O2P. The number of aryl methyl sites for hydroxylation is 2. The minimum atomic E-state index is -2.75. The second kappa shape index (κ2) is 10.2. The van der Waals surface area contributed by atoms with E-state index in [0.717, 1.165) is 38.2 Å². The minimum Gasteiger partial charge on any atom is -0.378 e. The molecule has 3 aromatic rings. The Morgan fingerprint density at radius 1 is 1.03 bits per heavy atom. The molecule has 0 amide bonds. The quantitative estimate of drug-likeness (QED) is 0.297. The fourth-order valence-corrected chi connectivity index (χ4v) is 7.34. The van der Waals surface area contributed by atoms with Crippen molar-refractivity contribution in [2.24, 2.45) is 0 Å². The van der Waals surface area contributed by atoms with Crippen molar-refractivity contribution in [3.8, 4) is 0 Å². The maximum absolute atomic E-state index is 13.9. The van der Waals surface area contributed by atoms with Gasteiger partial charge in [-0.15, -0.1) is 0 Å². The third-order valence-electron chi connectivity index (χ3n) is 7.92. The van der Waals surface area contributed by atoms with Gasteiger partial charge in [0, 0.05) is 29.1 Å². The first-order valence-electron chi connectivity index (χ1n) is 13.1. The fraction of sp³-hybridized carbons (Fsp3) is 0.429. The topological polar surface area (TPSA) is 79.4 Å². The number of nitrogens with zero attached hydrogens (tertiary/aromatic N) is 3. The molecule has 1 aliphatic carbocycles. The Morgan fingerprint density at radius 2 is 1.79 bits per heavy atom. The second-order valence-corrected chi connectivity index (χ2v) is 14.5. The summed E-state index contributed by atoms with van der Waals surface area (Å²) < 4.78 is 32.3. The van der Waals surface area contributed by atoms with Crippen molar-refractivity contribution in [3.63, 3.8) is 0 Å². The molecule has 0 saturated carbocycles. The molecule has 3 unspecified atom stereocenters. The molecule has 7 nitrogen and oxygen atoms in total. The maximum atomic E-state index is 13.9. The smallest absolute Gasteiger partial charge is 0.229 e. The van der Waals surface area contributed by atoms with E-state index in [2.05, 4.69) is 43.7 Å². The molecule has 0 spiro atoms. The number of nitrogens with one attached hydrogen (secondary N) is 2. The lowest BCUT2D eigenvalue weighted by Gasteiger charge is -2.56. The Morgan fingerprint density at radius 3 is 2.53 bits per heavy atom. The molecule has 200 valence electrons. The molecule has 2 fully saturated rings. The monoisotopic (exact) mass is 555 g/mol. The normalized spacial score (nSPS) is 23.2. The first-order chi connectivity index (χ1) is 18.2. The molecule has 38 heavy (non-hydrogen) atoms. The van der Waals surface area contributed by atoms with E-state index in [4.69, 9.17) is 16.3 Å². The van der Waals surface area contributed by atoms with Crippen LogP contribution < -0.4 is 15.9 Å². The summed E-state index contributed by atoms with van der Waals surface area (Å²) in [7, 11) is -2.75. The maximum Gasteiger partial charge on any atom is 0.229 e. The van der Waals surface area contributed by atoms with Crippen LogP contribution >= 0.6 is 18.7 Å². The van der Waals surface area contributed by atoms with Gasteiger partial charge in [0.15, 0.2) is 5.82 Å². The molecule has 3 aliphatic rings. The van der Waals surface area contributed by atoms with E-state index in [-0.39, 0.29) is 0 Å². The number of halogens is 2. The van der Waals surface area contributed by atoms with Crippen molar-refractivity contribution in [3.05, 3.63) is 64.6 Å². The van der Waals surface area contributed by atoms with E-state index in [1.54, 1.807) is 19.4 Å². The van der Waals surface area contributed by atoms with Gasteiger partial charge in [0.05, 0.1) is 25.1 Å². The van der Waals surface area contributed by atoms with Crippen molar-refractivity contribution in [2.75, 3.05) is 37.2 Å². The molecule has 0 radical (unpaired) electrons. The lowest BCUT2D eigenvalue weighted by molar-refractivity contribution is -0.148. The lowest BCUT2D eigenvalue weighted by atomic mass is 9.87. The third-order valence-corrected chi connectivity index (χ3v) is 9.73. The van der Waals surface area contributed by atoms with Crippen molar-refractivity contribution in [1.29, 1.82) is 0 Å². The molecule has 6 rings (SSSR count). The van der Waals surface area contributed by atoms with Crippen LogP contribution in [0.5, 0.6) is 0 Å². The van der Waals surface area contributed by atoms with Crippen LogP contribution in [0.25, 0.3) is 0 Å². The summed E-state index contributed by atoms with van der Waals surface area (Å²) >= 11 is 6.38. The molecule has 2 N–H and O–H groups in total. The van der Waals surface area contributed by atoms with Gasteiger partial charge < -0.3 is 19.9 Å². The second-order valence-electron chi connectivity index (χ2n) is 10.9. The number of fused-ring (bicyclic) bond motifs is 3. The molecule has 2 aromatic carbocycles. The van der Waals surface area contributed by atoms with Gasteiger partial charge in [-0.25, -0.2) is 9.37 Å². The minimum absolute atomic E-state index is 0.307. The Labute approximate surface area is 227 Å². The Kier molecular flexibility index (Phi) is 6.93. The predicted octanol–water partition coefficient (Wildman–Crippen LogP) is 5.72. The lowest BCUT2D eigenvalue weighted by Crippen LogP contribution is -2.66. The predicted molar refractivity (Wildman–Crippen MR) is 151 cm³/mol. The van der Waals surface area contributed by atoms with E-state index >= 15 is 0 Å². The molecule has 2 aliphatic heterocycles. The van der Waals surface area contributed by atoms with Gasteiger partial charge >= 0.3 is 0 Å². The van der Waals surface area contributed by atoms with Gasteiger partial charge in [-0.1, -0.05) is 17.7 Å². The zero-order valence-corrected chi connectivity index (χ0v) is 23.2. The van der Waals surface area contributed by atoms with Gasteiger partial charge in [-0.05, 0) is 86.9 Å². The van der Waals surface area contributed by atoms with Gasteiger partial charge in [-0.3, -0.25) is 4.90 Å². The van der Waals surface area contributed by atoms with E-state index in [1.807, 2.05) is 0 Å². The van der Waals surface area contributed by atoms with Crippen LogP contribution in [-0.2, 0) is 22.1 Å². The van der Waals surface area contributed by atoms with Crippen LogP contribution in [0, 0.1) is 5.82 Å². The Balaban J connectivity index is 1.18. The number of ether oxygens (including phenoxy) is 1. The summed E-state index contributed by atoms with van der Waals surface area (Å²) in [5, 5.41) is 7.14. The Bertz CT molecular complexity index is 1400. The largest absolute Gasteiger partial charge is 0.378 e. The molecule has 2 bridgehead atoms. The SMILES string of the molecule is CP(C)(=O)c1cc(F)ccc1Nc1nc(Nc2ccc3c(c2)CCC(N2C4COCC2C4)CC3)ncc1Cl. The number of hydrogen-bond acceptors (Lipinski definition) is 7. The zero-order chi connectivity index (χ0) is 26.4. The molecule has 2 saturated heterocycles. The standard InChI is InChI=1S/C28H32ClFN5O2P/c1-38(2,36)26-12-19(30)6-10-25(26)33-27-24(29)14-31-28(34-27)32-20-7-3-17-4-8-21(9-5-18(17)11-20)35-22-13-23(35)16-37-15-22/h3,6-7,10-12,14,21-23H,4-5,8-9,13,15-16H2,1-2H3,(H2,31,32,33,34). The van der Waals surface area contributed by atoms with Crippen LogP contribution in [0.3, 0.4) is 0 Å². The first-order valence-corrected chi connectivity index (χ1v) is 16.1. The average molecular weight is 556 g/mol. The number of aromatic nitrogens is 2. The van der Waals surface area contributed by atoms with Crippen molar-refractivity contribution >= 4 is 47.2 Å². The summed E-state index contributed by atoms with van der Waals surface area (Å²) in [6.07, 6.45) is 7.28. The molecule has 10 heteroatoms. The summed E-state index contributed by atoms with van der Waals surface area (Å²) in [5.74, 6) is 0.297. The zero-order valence-electron chi connectivity index (χ0n) is 21.6. The van der Waals surface area contributed by atoms with Crippen LogP contribution in [0.15, 0.2) is 42.6 Å². The van der Waals surface area contributed by atoms with Gasteiger partial charge in [0.2, 0.25) is 5.95 Å². The molecule has 3 atom stereocenters. The van der Waals surface area contributed by atoms with E-state index in [1.165, 1.54) is 42.3 Å². The number of anilines is 4. The molecule has 1 aromatic heterocycles. The molecule has 3 heterocycles. The van der Waals surface area contributed by atoms with Crippen LogP contribution in [0.4, 0.5) is 27.5 Å².